The molecule has 2 aromatic carbocycles. The van der Waals surface area contributed by atoms with Crippen LogP contribution in [0.1, 0.15) is 18.4 Å². The number of nitrogens with one attached hydrogen (secondary N) is 3. The fourth-order valence-electron chi connectivity index (χ4n) is 4.69. The summed E-state index contributed by atoms with van der Waals surface area (Å²) in [6, 6.07) is 19.4. The van der Waals surface area contributed by atoms with E-state index in [-0.39, 0.29) is 18.6 Å². The number of likely N-dealkylation sites (tertiary alicyclic amines) is 1. The molecule has 3 heterocycles. The summed E-state index contributed by atoms with van der Waals surface area (Å²) >= 11 is 0. The van der Waals surface area contributed by atoms with Crippen LogP contribution in [0, 0.1) is 0 Å². The van der Waals surface area contributed by atoms with Crippen molar-refractivity contribution in [3.8, 4) is 0 Å². The van der Waals surface area contributed by atoms with Gasteiger partial charge in [-0.25, -0.2) is 0 Å². The molecule has 0 aliphatic carbocycles. The van der Waals surface area contributed by atoms with Crippen LogP contribution in [0.25, 0.3) is 10.9 Å². The number of aliphatic hydroxyl groups is 1. The number of hydrogen-bond donors (Lipinski definition) is 4. The standard InChI is InChI=1S/C27H29N5O2/c33-18-23-4-3-15-32(23)27(34)26(16-19-17-29-25-6-2-1-5-24(19)25)31-21-9-7-20(8-10-21)30-22-11-13-28-14-12-22/h1-2,5-14,17,23,26,29,31,33H,3-4,15-16,18H2,(H,28,30). The first-order chi connectivity index (χ1) is 16.7. The van der Waals surface area contributed by atoms with Crippen molar-refractivity contribution in [2.45, 2.75) is 31.3 Å². The number of aromatic nitrogens is 2. The van der Waals surface area contributed by atoms with E-state index < -0.39 is 6.04 Å². The monoisotopic (exact) mass is 455 g/mol. The number of hydrogen-bond acceptors (Lipinski definition) is 5. The maximum absolute atomic E-state index is 13.6. The Labute approximate surface area is 198 Å². The number of aromatic amines is 1. The molecule has 5 rings (SSSR count). The van der Waals surface area contributed by atoms with Crippen molar-refractivity contribution in [1.29, 1.82) is 0 Å². The number of anilines is 3. The summed E-state index contributed by atoms with van der Waals surface area (Å²) in [6.45, 7) is 0.686. The predicted octanol–water partition coefficient (Wildman–Crippen LogP) is 4.31. The number of H-pyrrole nitrogens is 1. The van der Waals surface area contributed by atoms with Gasteiger partial charge in [-0.05, 0) is 60.9 Å². The number of nitrogens with zero attached hydrogens (tertiary/aromatic N) is 2. The Hall–Kier alpha value is -3.84. The van der Waals surface area contributed by atoms with Crippen LogP contribution in [0.15, 0.2) is 79.3 Å². The number of carbonyl (C=O) groups excluding carboxylic acids is 1. The van der Waals surface area contributed by atoms with Crippen LogP contribution in [0.2, 0.25) is 0 Å². The summed E-state index contributed by atoms with van der Waals surface area (Å²) in [5.41, 5.74) is 4.95. The molecule has 7 heteroatoms. The van der Waals surface area contributed by atoms with Gasteiger partial charge < -0.3 is 25.6 Å². The fraction of sp³-hybridized carbons (Fsp3) is 0.259. The molecular weight excluding hydrogens is 426 g/mol. The van der Waals surface area contributed by atoms with Gasteiger partial charge in [0.2, 0.25) is 5.91 Å². The van der Waals surface area contributed by atoms with E-state index in [1.165, 1.54) is 0 Å². The first kappa shape index (κ1) is 22.0. The highest BCUT2D eigenvalue weighted by Crippen LogP contribution is 2.25. The summed E-state index contributed by atoms with van der Waals surface area (Å²) in [7, 11) is 0. The molecule has 0 bridgehead atoms. The molecule has 1 saturated heterocycles. The van der Waals surface area contributed by atoms with E-state index in [9.17, 15) is 9.90 Å². The number of carbonyl (C=O) groups is 1. The molecule has 2 unspecified atom stereocenters. The zero-order chi connectivity index (χ0) is 23.3. The topological polar surface area (TPSA) is 93.3 Å². The van der Waals surface area contributed by atoms with Gasteiger partial charge in [0.15, 0.2) is 0 Å². The largest absolute Gasteiger partial charge is 0.394 e. The van der Waals surface area contributed by atoms with Crippen LogP contribution in [0.4, 0.5) is 17.1 Å². The van der Waals surface area contributed by atoms with E-state index in [0.717, 1.165) is 46.4 Å². The average Bonchev–Trinajstić information content (AvgIpc) is 3.52. The van der Waals surface area contributed by atoms with Gasteiger partial charge in [0.05, 0.1) is 12.6 Å². The summed E-state index contributed by atoms with van der Waals surface area (Å²) in [6.07, 6.45) is 7.80. The second kappa shape index (κ2) is 9.97. The molecule has 1 aliphatic rings. The van der Waals surface area contributed by atoms with E-state index in [2.05, 4.69) is 26.7 Å². The van der Waals surface area contributed by atoms with Crippen LogP contribution in [-0.4, -0.2) is 51.1 Å². The molecule has 1 aliphatic heterocycles. The fourth-order valence-corrected chi connectivity index (χ4v) is 4.69. The van der Waals surface area contributed by atoms with E-state index in [4.69, 9.17) is 0 Å². The van der Waals surface area contributed by atoms with Crippen molar-refractivity contribution >= 4 is 33.9 Å². The van der Waals surface area contributed by atoms with E-state index in [1.807, 2.05) is 65.7 Å². The average molecular weight is 456 g/mol. The molecule has 2 aromatic heterocycles. The van der Waals surface area contributed by atoms with Crippen molar-refractivity contribution in [3.63, 3.8) is 0 Å². The lowest BCUT2D eigenvalue weighted by molar-refractivity contribution is -0.133. The summed E-state index contributed by atoms with van der Waals surface area (Å²) in [5, 5.41) is 17.7. The van der Waals surface area contributed by atoms with Gasteiger partial charge in [-0.2, -0.15) is 0 Å². The molecule has 7 nitrogen and oxygen atoms in total. The van der Waals surface area contributed by atoms with Gasteiger partial charge in [-0.3, -0.25) is 9.78 Å². The van der Waals surface area contributed by atoms with Crippen molar-refractivity contribution < 1.29 is 9.90 Å². The predicted molar refractivity (Wildman–Crippen MR) is 135 cm³/mol. The van der Waals surface area contributed by atoms with Gasteiger partial charge in [0, 0.05) is 59.5 Å². The van der Waals surface area contributed by atoms with Crippen LogP contribution >= 0.6 is 0 Å². The number of para-hydroxylation sites is 1. The second-order valence-corrected chi connectivity index (χ2v) is 8.71. The minimum atomic E-state index is -0.439. The third kappa shape index (κ3) is 4.75. The van der Waals surface area contributed by atoms with Gasteiger partial charge in [0.1, 0.15) is 6.04 Å². The smallest absolute Gasteiger partial charge is 0.245 e. The van der Waals surface area contributed by atoms with Crippen molar-refractivity contribution in [3.05, 3.63) is 84.8 Å². The first-order valence-electron chi connectivity index (χ1n) is 11.7. The third-order valence-electron chi connectivity index (χ3n) is 6.46. The molecule has 0 saturated carbocycles. The van der Waals surface area contributed by atoms with Gasteiger partial charge in [-0.15, -0.1) is 0 Å². The van der Waals surface area contributed by atoms with Gasteiger partial charge in [0.25, 0.3) is 0 Å². The minimum absolute atomic E-state index is 0.000910. The molecule has 34 heavy (non-hydrogen) atoms. The molecule has 1 amide bonds. The molecule has 4 aromatic rings. The SMILES string of the molecule is O=C(C(Cc1c[nH]c2ccccc12)Nc1ccc(Nc2ccncc2)cc1)N1CCCC1CO. The molecule has 0 radical (unpaired) electrons. The zero-order valence-corrected chi connectivity index (χ0v) is 18.9. The number of rotatable bonds is 8. The summed E-state index contributed by atoms with van der Waals surface area (Å²) in [4.78, 5) is 22.8. The Morgan fingerprint density at radius 3 is 2.59 bits per heavy atom. The Morgan fingerprint density at radius 2 is 1.79 bits per heavy atom. The zero-order valence-electron chi connectivity index (χ0n) is 18.9. The van der Waals surface area contributed by atoms with E-state index in [0.29, 0.717) is 13.0 Å². The van der Waals surface area contributed by atoms with Crippen LogP contribution in [-0.2, 0) is 11.2 Å². The van der Waals surface area contributed by atoms with Crippen molar-refractivity contribution in [1.82, 2.24) is 14.9 Å². The molecule has 4 N–H and O–H groups in total. The maximum atomic E-state index is 13.6. The molecular formula is C27H29N5O2. The Balaban J connectivity index is 1.37. The highest BCUT2D eigenvalue weighted by Gasteiger charge is 2.33. The maximum Gasteiger partial charge on any atom is 0.245 e. The van der Waals surface area contributed by atoms with Crippen LogP contribution in [0.5, 0.6) is 0 Å². The Morgan fingerprint density at radius 1 is 1.06 bits per heavy atom. The lowest BCUT2D eigenvalue weighted by Crippen LogP contribution is -2.47. The minimum Gasteiger partial charge on any atom is -0.394 e. The quantitative estimate of drug-likeness (QED) is 0.318. The summed E-state index contributed by atoms with van der Waals surface area (Å²) in [5.74, 6) is 0.0285. The summed E-state index contributed by atoms with van der Waals surface area (Å²) < 4.78 is 0. The Bertz CT molecular complexity index is 1240. The lowest BCUT2D eigenvalue weighted by Gasteiger charge is -2.29. The van der Waals surface area contributed by atoms with E-state index >= 15 is 0 Å². The molecule has 1 fully saturated rings. The number of pyridine rings is 1. The van der Waals surface area contributed by atoms with Crippen LogP contribution in [0.3, 0.4) is 0 Å². The van der Waals surface area contributed by atoms with Gasteiger partial charge in [-0.1, -0.05) is 18.2 Å². The first-order valence-corrected chi connectivity index (χ1v) is 11.7. The normalized spacial score (nSPS) is 16.5. The van der Waals surface area contributed by atoms with Gasteiger partial charge >= 0.3 is 0 Å². The number of fused-ring (bicyclic) bond motifs is 1. The second-order valence-electron chi connectivity index (χ2n) is 8.71. The number of amides is 1. The lowest BCUT2D eigenvalue weighted by atomic mass is 10.0. The third-order valence-corrected chi connectivity index (χ3v) is 6.46. The molecule has 2 atom stereocenters. The van der Waals surface area contributed by atoms with Crippen molar-refractivity contribution in [2.75, 3.05) is 23.8 Å². The van der Waals surface area contributed by atoms with E-state index in [1.54, 1.807) is 12.4 Å². The highest BCUT2D eigenvalue weighted by atomic mass is 16.3. The van der Waals surface area contributed by atoms with Crippen LogP contribution < -0.4 is 10.6 Å². The molecule has 0 spiro atoms. The highest BCUT2D eigenvalue weighted by molar-refractivity contribution is 5.88. The Kier molecular flexibility index (Phi) is 6.44. The molecule has 174 valence electrons. The number of benzene rings is 2. The van der Waals surface area contributed by atoms with Crippen molar-refractivity contribution in [2.24, 2.45) is 0 Å². The number of aliphatic hydroxyl groups excluding tert-OH is 1.